The van der Waals surface area contributed by atoms with E-state index in [2.05, 4.69) is 26.0 Å². The van der Waals surface area contributed by atoms with Gasteiger partial charge in [-0.05, 0) is 42.5 Å². The Labute approximate surface area is 115 Å². The predicted molar refractivity (Wildman–Crippen MR) is 79.8 cm³/mol. The molecule has 0 aliphatic carbocycles. The van der Waals surface area contributed by atoms with Crippen molar-refractivity contribution in [1.82, 2.24) is 0 Å². The van der Waals surface area contributed by atoms with Crippen molar-refractivity contribution in [3.05, 3.63) is 59.4 Å². The first kappa shape index (κ1) is 13.8. The largest absolute Gasteiger partial charge is 0.207 e. The van der Waals surface area contributed by atoms with Crippen LogP contribution in [0.2, 0.25) is 0 Å². The topological polar surface area (TPSA) is 0 Å². The average Bonchev–Trinajstić information content (AvgIpc) is 2.42. The third-order valence-electron chi connectivity index (χ3n) is 3.49. The van der Waals surface area contributed by atoms with Gasteiger partial charge in [-0.15, -0.1) is 0 Å². The zero-order chi connectivity index (χ0) is 13.7. The molecule has 0 atom stereocenters. The molecule has 0 bridgehead atoms. The van der Waals surface area contributed by atoms with Gasteiger partial charge < -0.3 is 0 Å². The summed E-state index contributed by atoms with van der Waals surface area (Å²) in [5.41, 5.74) is 4.09. The summed E-state index contributed by atoms with van der Waals surface area (Å²) in [4.78, 5) is 0. The van der Waals surface area contributed by atoms with Crippen molar-refractivity contribution in [3.8, 4) is 11.1 Å². The van der Waals surface area contributed by atoms with Crippen LogP contribution in [-0.2, 0) is 6.42 Å². The molecule has 0 aromatic heterocycles. The Morgan fingerprint density at radius 2 is 1.58 bits per heavy atom. The van der Waals surface area contributed by atoms with Gasteiger partial charge in [0.25, 0.3) is 0 Å². The fourth-order valence-corrected chi connectivity index (χ4v) is 2.24. The van der Waals surface area contributed by atoms with Crippen LogP contribution in [-0.4, -0.2) is 0 Å². The first-order chi connectivity index (χ1) is 9.20. The van der Waals surface area contributed by atoms with Gasteiger partial charge in [0.1, 0.15) is 5.82 Å². The van der Waals surface area contributed by atoms with Crippen molar-refractivity contribution in [3.63, 3.8) is 0 Å². The molecule has 0 heterocycles. The van der Waals surface area contributed by atoms with E-state index in [1.807, 2.05) is 24.3 Å². The number of aryl methyl sites for hydroxylation is 2. The molecular formula is C18H21F. The van der Waals surface area contributed by atoms with Crippen LogP contribution < -0.4 is 0 Å². The molecule has 2 rings (SSSR count). The van der Waals surface area contributed by atoms with Crippen molar-refractivity contribution in [2.24, 2.45) is 0 Å². The smallest absolute Gasteiger partial charge is 0.127 e. The maximum Gasteiger partial charge on any atom is 0.127 e. The van der Waals surface area contributed by atoms with Gasteiger partial charge in [0.05, 0.1) is 0 Å². The Balaban J connectivity index is 2.16. The lowest BCUT2D eigenvalue weighted by molar-refractivity contribution is 0.599. The highest BCUT2D eigenvalue weighted by Crippen LogP contribution is 2.23. The Kier molecular flexibility index (Phi) is 4.73. The van der Waals surface area contributed by atoms with Crippen molar-refractivity contribution in [2.75, 3.05) is 0 Å². The molecule has 0 unspecified atom stereocenters. The molecule has 0 N–H and O–H groups in total. The maximum absolute atomic E-state index is 14.0. The van der Waals surface area contributed by atoms with E-state index in [4.69, 9.17) is 0 Å². The van der Waals surface area contributed by atoms with Crippen LogP contribution in [0.5, 0.6) is 0 Å². The molecule has 0 fully saturated rings. The fraction of sp³-hybridized carbons (Fsp3) is 0.333. The lowest BCUT2D eigenvalue weighted by Gasteiger charge is -2.07. The minimum Gasteiger partial charge on any atom is -0.207 e. The van der Waals surface area contributed by atoms with Crippen LogP contribution >= 0.6 is 0 Å². The van der Waals surface area contributed by atoms with E-state index < -0.39 is 0 Å². The van der Waals surface area contributed by atoms with E-state index in [0.717, 1.165) is 29.5 Å². The Morgan fingerprint density at radius 3 is 2.21 bits per heavy atom. The summed E-state index contributed by atoms with van der Waals surface area (Å²) in [7, 11) is 0. The highest BCUT2D eigenvalue weighted by Gasteiger charge is 2.05. The third kappa shape index (κ3) is 3.66. The Morgan fingerprint density at radius 1 is 0.895 bits per heavy atom. The summed E-state index contributed by atoms with van der Waals surface area (Å²) < 4.78 is 14.0. The number of halogens is 1. The van der Waals surface area contributed by atoms with Crippen LogP contribution in [0.1, 0.15) is 37.3 Å². The lowest BCUT2D eigenvalue weighted by atomic mass is 10.00. The quantitative estimate of drug-likeness (QED) is 0.617. The molecule has 0 saturated heterocycles. The monoisotopic (exact) mass is 256 g/mol. The summed E-state index contributed by atoms with van der Waals surface area (Å²) in [6.07, 6.45) is 4.24. The van der Waals surface area contributed by atoms with Crippen LogP contribution in [0.15, 0.2) is 42.5 Å². The number of benzene rings is 2. The van der Waals surface area contributed by atoms with Crippen molar-refractivity contribution < 1.29 is 4.39 Å². The Hall–Kier alpha value is -1.63. The van der Waals surface area contributed by atoms with Crippen molar-refractivity contribution in [2.45, 2.75) is 39.5 Å². The Bertz CT molecular complexity index is 526. The molecule has 2 aromatic carbocycles. The molecule has 2 aromatic rings. The lowest BCUT2D eigenvalue weighted by Crippen LogP contribution is -1.92. The highest BCUT2D eigenvalue weighted by atomic mass is 19.1. The van der Waals surface area contributed by atoms with Gasteiger partial charge in [-0.1, -0.05) is 61.7 Å². The van der Waals surface area contributed by atoms with Crippen molar-refractivity contribution in [1.29, 1.82) is 0 Å². The number of unbranched alkanes of at least 4 members (excludes halogenated alkanes) is 2. The maximum atomic E-state index is 14.0. The van der Waals surface area contributed by atoms with Crippen LogP contribution in [0, 0.1) is 12.7 Å². The number of hydrogen-bond acceptors (Lipinski definition) is 0. The summed E-state index contributed by atoms with van der Waals surface area (Å²) >= 11 is 0. The average molecular weight is 256 g/mol. The molecule has 0 nitrogen and oxygen atoms in total. The van der Waals surface area contributed by atoms with Crippen LogP contribution in [0.25, 0.3) is 11.1 Å². The van der Waals surface area contributed by atoms with Crippen LogP contribution in [0.3, 0.4) is 0 Å². The minimum atomic E-state index is -0.0748. The van der Waals surface area contributed by atoms with Gasteiger partial charge in [-0.3, -0.25) is 0 Å². The van der Waals surface area contributed by atoms with Gasteiger partial charge in [0, 0.05) is 0 Å². The van der Waals surface area contributed by atoms with Gasteiger partial charge in [-0.2, -0.15) is 0 Å². The molecule has 0 aliphatic rings. The summed E-state index contributed by atoms with van der Waals surface area (Å²) in [5, 5.41) is 0. The molecular weight excluding hydrogens is 235 g/mol. The standard InChI is InChI=1S/C18H21F/c1-3-4-5-6-16-11-12-17(13-18(16)19)15-9-7-14(2)8-10-15/h7-13H,3-6H2,1-2H3. The SMILES string of the molecule is CCCCCc1ccc(-c2ccc(C)cc2)cc1F. The second kappa shape index (κ2) is 6.51. The third-order valence-corrected chi connectivity index (χ3v) is 3.49. The highest BCUT2D eigenvalue weighted by molar-refractivity contribution is 5.64. The zero-order valence-electron chi connectivity index (χ0n) is 11.7. The number of hydrogen-bond donors (Lipinski definition) is 0. The van der Waals surface area contributed by atoms with E-state index in [-0.39, 0.29) is 5.82 Å². The molecule has 0 saturated carbocycles. The van der Waals surface area contributed by atoms with Crippen LogP contribution in [0.4, 0.5) is 4.39 Å². The summed E-state index contributed by atoms with van der Waals surface area (Å²) in [6.45, 7) is 4.22. The van der Waals surface area contributed by atoms with Crippen molar-refractivity contribution >= 4 is 0 Å². The van der Waals surface area contributed by atoms with Gasteiger partial charge >= 0.3 is 0 Å². The first-order valence-corrected chi connectivity index (χ1v) is 7.06. The molecule has 100 valence electrons. The first-order valence-electron chi connectivity index (χ1n) is 7.06. The molecule has 0 radical (unpaired) electrons. The normalized spacial score (nSPS) is 10.7. The second-order valence-corrected chi connectivity index (χ2v) is 5.13. The fourth-order valence-electron chi connectivity index (χ4n) is 2.24. The van der Waals surface area contributed by atoms with E-state index in [0.29, 0.717) is 0 Å². The molecule has 0 amide bonds. The molecule has 1 heteroatoms. The molecule has 0 spiro atoms. The number of rotatable bonds is 5. The molecule has 0 aliphatic heterocycles. The summed E-state index contributed by atoms with van der Waals surface area (Å²) in [5.74, 6) is -0.0748. The van der Waals surface area contributed by atoms with E-state index >= 15 is 0 Å². The van der Waals surface area contributed by atoms with E-state index in [1.165, 1.54) is 18.4 Å². The second-order valence-electron chi connectivity index (χ2n) is 5.13. The zero-order valence-corrected chi connectivity index (χ0v) is 11.7. The van der Waals surface area contributed by atoms with Gasteiger partial charge in [0.2, 0.25) is 0 Å². The molecule has 19 heavy (non-hydrogen) atoms. The van der Waals surface area contributed by atoms with Gasteiger partial charge in [-0.25, -0.2) is 4.39 Å². The predicted octanol–water partition coefficient (Wildman–Crippen LogP) is 5.53. The summed E-state index contributed by atoms with van der Waals surface area (Å²) in [6, 6.07) is 13.8. The van der Waals surface area contributed by atoms with E-state index in [9.17, 15) is 4.39 Å². The van der Waals surface area contributed by atoms with Gasteiger partial charge in [0.15, 0.2) is 0 Å². The van der Waals surface area contributed by atoms with E-state index in [1.54, 1.807) is 6.07 Å². The minimum absolute atomic E-state index is 0.0748.